The minimum Gasteiger partial charge on any atom is -0.342 e. The summed E-state index contributed by atoms with van der Waals surface area (Å²) in [4.78, 5) is 32.9. The number of hydrogen-bond acceptors (Lipinski definition) is 3. The number of imidazole rings is 1. The molecule has 0 N–H and O–H groups in total. The SMILES string of the molecule is CCCCC1C(=O)N(C)CCN1C(=O)CCn1ccnc1CC. The van der Waals surface area contributed by atoms with Crippen molar-refractivity contribution >= 4 is 11.8 Å². The number of carbonyl (C=O) groups is 2. The number of hydrogen-bond donors (Lipinski definition) is 0. The number of carbonyl (C=O) groups excluding carboxylic acids is 2. The highest BCUT2D eigenvalue weighted by atomic mass is 16.2. The molecule has 1 aliphatic rings. The maximum atomic E-state index is 12.6. The predicted molar refractivity (Wildman–Crippen MR) is 88.9 cm³/mol. The molecule has 1 aromatic heterocycles. The molecule has 1 fully saturated rings. The van der Waals surface area contributed by atoms with Crippen LogP contribution in [0.3, 0.4) is 0 Å². The zero-order valence-corrected chi connectivity index (χ0v) is 14.5. The van der Waals surface area contributed by atoms with Gasteiger partial charge in [-0.2, -0.15) is 0 Å². The van der Waals surface area contributed by atoms with Crippen LogP contribution in [0.5, 0.6) is 0 Å². The Labute approximate surface area is 138 Å². The number of piperazine rings is 1. The summed E-state index contributed by atoms with van der Waals surface area (Å²) in [5.41, 5.74) is 0. The number of likely N-dealkylation sites (N-methyl/N-ethyl adjacent to an activating group) is 1. The second-order valence-electron chi connectivity index (χ2n) is 6.15. The summed E-state index contributed by atoms with van der Waals surface area (Å²) >= 11 is 0. The second kappa shape index (κ2) is 8.13. The van der Waals surface area contributed by atoms with Gasteiger partial charge in [0.25, 0.3) is 0 Å². The Balaban J connectivity index is 1.99. The fourth-order valence-electron chi connectivity index (χ4n) is 3.10. The van der Waals surface area contributed by atoms with Gasteiger partial charge < -0.3 is 14.4 Å². The molecule has 0 aromatic carbocycles. The zero-order valence-electron chi connectivity index (χ0n) is 14.5. The molecule has 0 radical (unpaired) electrons. The first-order valence-corrected chi connectivity index (χ1v) is 8.62. The van der Waals surface area contributed by atoms with Crippen molar-refractivity contribution < 1.29 is 9.59 Å². The van der Waals surface area contributed by atoms with Crippen LogP contribution in [0.2, 0.25) is 0 Å². The molecule has 0 spiro atoms. The summed E-state index contributed by atoms with van der Waals surface area (Å²) in [6, 6.07) is -0.283. The molecule has 0 saturated carbocycles. The van der Waals surface area contributed by atoms with Crippen LogP contribution >= 0.6 is 0 Å². The highest BCUT2D eigenvalue weighted by molar-refractivity contribution is 5.88. The van der Waals surface area contributed by atoms with Gasteiger partial charge in [-0.05, 0) is 6.42 Å². The van der Waals surface area contributed by atoms with E-state index in [1.807, 2.05) is 17.8 Å². The number of nitrogens with zero attached hydrogens (tertiary/aromatic N) is 4. The molecule has 0 bridgehead atoms. The van der Waals surface area contributed by atoms with Crippen molar-refractivity contribution in [2.24, 2.45) is 0 Å². The Hall–Kier alpha value is -1.85. The van der Waals surface area contributed by atoms with Gasteiger partial charge in [0.2, 0.25) is 11.8 Å². The van der Waals surface area contributed by atoms with Gasteiger partial charge >= 0.3 is 0 Å². The van der Waals surface area contributed by atoms with E-state index in [2.05, 4.69) is 18.8 Å². The van der Waals surface area contributed by atoms with E-state index in [9.17, 15) is 9.59 Å². The molecule has 128 valence electrons. The van der Waals surface area contributed by atoms with Crippen LogP contribution in [0, 0.1) is 0 Å². The van der Waals surface area contributed by atoms with E-state index in [1.165, 1.54) is 0 Å². The lowest BCUT2D eigenvalue weighted by atomic mass is 10.0. The van der Waals surface area contributed by atoms with E-state index in [1.54, 1.807) is 16.0 Å². The third kappa shape index (κ3) is 4.12. The topological polar surface area (TPSA) is 58.4 Å². The van der Waals surface area contributed by atoms with Gasteiger partial charge in [-0.25, -0.2) is 4.98 Å². The summed E-state index contributed by atoms with van der Waals surface area (Å²) in [7, 11) is 1.82. The summed E-state index contributed by atoms with van der Waals surface area (Å²) in [6.45, 7) is 6.05. The minimum atomic E-state index is -0.283. The normalized spacial score (nSPS) is 18.6. The van der Waals surface area contributed by atoms with Gasteiger partial charge in [0, 0.05) is 51.9 Å². The first-order valence-electron chi connectivity index (χ1n) is 8.62. The van der Waals surface area contributed by atoms with Gasteiger partial charge in [0.05, 0.1) is 0 Å². The van der Waals surface area contributed by atoms with Crippen LogP contribution in [0.1, 0.15) is 45.4 Å². The Kier molecular flexibility index (Phi) is 6.19. The maximum Gasteiger partial charge on any atom is 0.245 e. The highest BCUT2D eigenvalue weighted by Gasteiger charge is 2.34. The summed E-state index contributed by atoms with van der Waals surface area (Å²) in [6.07, 6.45) is 7.72. The van der Waals surface area contributed by atoms with E-state index in [-0.39, 0.29) is 17.9 Å². The monoisotopic (exact) mass is 320 g/mol. The standard InChI is InChI=1S/C17H28N4O2/c1-4-6-7-14-17(23)19(3)12-13-21(14)16(22)8-10-20-11-9-18-15(20)5-2/h9,11,14H,4-8,10,12-13H2,1-3H3. The lowest BCUT2D eigenvalue weighted by Gasteiger charge is -2.39. The number of unbranched alkanes of at least 4 members (excludes halogenated alkanes) is 1. The molecule has 0 aliphatic carbocycles. The quantitative estimate of drug-likeness (QED) is 0.768. The van der Waals surface area contributed by atoms with E-state index >= 15 is 0 Å². The average Bonchev–Trinajstić information content (AvgIpc) is 3.01. The van der Waals surface area contributed by atoms with Crippen molar-refractivity contribution in [1.82, 2.24) is 19.4 Å². The van der Waals surface area contributed by atoms with Crippen molar-refractivity contribution in [3.63, 3.8) is 0 Å². The fraction of sp³-hybridized carbons (Fsp3) is 0.706. The third-order valence-corrected chi connectivity index (χ3v) is 4.55. The molecule has 6 nitrogen and oxygen atoms in total. The van der Waals surface area contributed by atoms with E-state index in [0.29, 0.717) is 26.1 Å². The molecule has 2 heterocycles. The Morgan fingerprint density at radius 2 is 2.13 bits per heavy atom. The van der Waals surface area contributed by atoms with Crippen LogP contribution in [-0.2, 0) is 22.6 Å². The van der Waals surface area contributed by atoms with Crippen LogP contribution in [0.4, 0.5) is 0 Å². The predicted octanol–water partition coefficient (Wildman–Crippen LogP) is 1.69. The average molecular weight is 320 g/mol. The van der Waals surface area contributed by atoms with Gasteiger partial charge in [0.15, 0.2) is 0 Å². The first-order chi connectivity index (χ1) is 11.1. The van der Waals surface area contributed by atoms with Gasteiger partial charge in [-0.3, -0.25) is 9.59 Å². The summed E-state index contributed by atoms with van der Waals surface area (Å²) in [5.74, 6) is 1.15. The molecule has 2 rings (SSSR count). The van der Waals surface area contributed by atoms with Gasteiger partial charge in [-0.15, -0.1) is 0 Å². The first kappa shape index (κ1) is 17.5. The van der Waals surface area contributed by atoms with Crippen LogP contribution in [0.25, 0.3) is 0 Å². The van der Waals surface area contributed by atoms with Crippen LogP contribution in [-0.4, -0.2) is 57.3 Å². The molecule has 6 heteroatoms. The molecule has 1 unspecified atom stereocenters. The molecule has 1 saturated heterocycles. The van der Waals surface area contributed by atoms with E-state index < -0.39 is 0 Å². The van der Waals surface area contributed by atoms with Crippen molar-refractivity contribution in [3.05, 3.63) is 18.2 Å². The maximum absolute atomic E-state index is 12.6. The van der Waals surface area contributed by atoms with Crippen molar-refractivity contribution in [3.8, 4) is 0 Å². The smallest absolute Gasteiger partial charge is 0.245 e. The number of aryl methyl sites for hydroxylation is 2. The van der Waals surface area contributed by atoms with Crippen molar-refractivity contribution in [2.75, 3.05) is 20.1 Å². The molecule has 1 atom stereocenters. The Morgan fingerprint density at radius 3 is 2.83 bits per heavy atom. The molecule has 1 aromatic rings. The molecule has 1 aliphatic heterocycles. The zero-order chi connectivity index (χ0) is 16.8. The molecule has 2 amide bonds. The number of rotatable bonds is 7. The largest absolute Gasteiger partial charge is 0.342 e. The lowest BCUT2D eigenvalue weighted by Crippen LogP contribution is -2.57. The van der Waals surface area contributed by atoms with Crippen LogP contribution < -0.4 is 0 Å². The Morgan fingerprint density at radius 1 is 1.35 bits per heavy atom. The summed E-state index contributed by atoms with van der Waals surface area (Å²) in [5, 5.41) is 0. The molecular formula is C17H28N4O2. The van der Waals surface area contributed by atoms with Crippen molar-refractivity contribution in [2.45, 2.75) is 58.5 Å². The highest BCUT2D eigenvalue weighted by Crippen LogP contribution is 2.17. The number of amides is 2. The Bertz CT molecular complexity index is 540. The minimum absolute atomic E-state index is 0.0725. The molecular weight excluding hydrogens is 292 g/mol. The second-order valence-corrected chi connectivity index (χ2v) is 6.15. The van der Waals surface area contributed by atoms with E-state index in [4.69, 9.17) is 0 Å². The van der Waals surface area contributed by atoms with Gasteiger partial charge in [-0.1, -0.05) is 26.7 Å². The van der Waals surface area contributed by atoms with Gasteiger partial charge in [0.1, 0.15) is 11.9 Å². The lowest BCUT2D eigenvalue weighted by molar-refractivity contribution is -0.150. The van der Waals surface area contributed by atoms with E-state index in [0.717, 1.165) is 31.5 Å². The van der Waals surface area contributed by atoms with Crippen LogP contribution in [0.15, 0.2) is 12.4 Å². The molecule has 23 heavy (non-hydrogen) atoms. The fourth-order valence-corrected chi connectivity index (χ4v) is 3.10. The van der Waals surface area contributed by atoms with Crippen molar-refractivity contribution in [1.29, 1.82) is 0 Å². The summed E-state index contributed by atoms with van der Waals surface area (Å²) < 4.78 is 2.02. The number of aromatic nitrogens is 2. The third-order valence-electron chi connectivity index (χ3n) is 4.55.